The Balaban J connectivity index is 0. The van der Waals surface area contributed by atoms with Gasteiger partial charge in [0.05, 0.1) is 5.56 Å². The van der Waals surface area contributed by atoms with E-state index in [2.05, 4.69) is 10.3 Å². The molecule has 1 aromatic rings. The predicted molar refractivity (Wildman–Crippen MR) is 60.1 cm³/mol. The quantitative estimate of drug-likeness (QED) is 0.488. The number of hydrogen-bond donors (Lipinski definition) is 3. The number of hydrogen-bond acceptors (Lipinski definition) is 3. The second kappa shape index (κ2) is 8.80. The van der Waals surface area contributed by atoms with Crippen LogP contribution in [-0.2, 0) is 4.57 Å². The van der Waals surface area contributed by atoms with Crippen LogP contribution < -0.4 is 5.32 Å². The normalized spacial score (nSPS) is 9.62. The predicted octanol–water partition coefficient (Wildman–Crippen LogP) is -0.815. The van der Waals surface area contributed by atoms with Crippen molar-refractivity contribution in [3.63, 3.8) is 0 Å². The molecule has 16 heavy (non-hydrogen) atoms. The van der Waals surface area contributed by atoms with Gasteiger partial charge in [-0.2, -0.15) is 0 Å². The van der Waals surface area contributed by atoms with Gasteiger partial charge in [-0.3, -0.25) is 14.3 Å². The van der Waals surface area contributed by atoms with Gasteiger partial charge in [-0.1, -0.05) is 0 Å². The van der Waals surface area contributed by atoms with Crippen molar-refractivity contribution in [3.05, 3.63) is 30.1 Å². The van der Waals surface area contributed by atoms with Gasteiger partial charge in [-0.15, -0.1) is 0 Å². The minimum atomic E-state index is -4.19. The molecule has 0 saturated carbocycles. The van der Waals surface area contributed by atoms with Gasteiger partial charge in [-0.25, -0.2) is 0 Å². The number of pyridine rings is 1. The molecule has 6 nitrogen and oxygen atoms in total. The number of aromatic nitrogens is 1. The first-order valence-corrected chi connectivity index (χ1v) is 5.51. The third-order valence-electron chi connectivity index (χ3n) is 1.37. The number of nitrogens with zero attached hydrogens (tertiary/aromatic N) is 1. The zero-order valence-corrected chi connectivity index (χ0v) is 14.0. The van der Waals surface area contributed by atoms with Crippen molar-refractivity contribution in [3.8, 4) is 0 Å². The van der Waals surface area contributed by atoms with Crippen molar-refractivity contribution in [1.82, 2.24) is 10.3 Å². The van der Waals surface area contributed by atoms with Crippen molar-refractivity contribution < 1.29 is 19.1 Å². The molecule has 0 atom stereocenters. The minimum absolute atomic E-state index is 0. The summed E-state index contributed by atoms with van der Waals surface area (Å²) < 4.78 is 10.4. The monoisotopic (exact) mass is 262 g/mol. The molecule has 78 valence electrons. The molecule has 0 saturated heterocycles. The molecule has 0 aromatic carbocycles. The Morgan fingerprint density at radius 3 is 2.50 bits per heavy atom. The van der Waals surface area contributed by atoms with Crippen LogP contribution in [-0.4, -0.2) is 86.1 Å². The number of carbonyl (C=O) groups is 1. The molecule has 0 bridgehead atoms. The van der Waals surface area contributed by atoms with Crippen LogP contribution in [0.25, 0.3) is 0 Å². The zero-order valence-electron chi connectivity index (χ0n) is 9.12. The van der Waals surface area contributed by atoms with Gasteiger partial charge in [-0.05, 0) is 12.1 Å². The molecule has 0 aliphatic carbocycles. The Hall–Kier alpha value is 0.770. The second-order valence-corrected chi connectivity index (χ2v) is 4.22. The van der Waals surface area contributed by atoms with Crippen LogP contribution >= 0.6 is 7.60 Å². The van der Waals surface area contributed by atoms with Crippen LogP contribution in [0.4, 0.5) is 0 Å². The zero-order chi connectivity index (χ0) is 10.6. The fourth-order valence-electron chi connectivity index (χ4n) is 0.774. The standard InChI is InChI=1S/C7H9N2O4P.2Na/c10-7(9-5-14(11,12)13)6-2-1-3-8-4-6;;/h1-4H,5H2,(H,9,10)(H2,11,12,13);;. The summed E-state index contributed by atoms with van der Waals surface area (Å²) in [4.78, 5) is 31.9. The third kappa shape index (κ3) is 7.95. The van der Waals surface area contributed by atoms with Crippen LogP contribution in [0.15, 0.2) is 24.5 Å². The number of nitrogens with one attached hydrogen (secondary N) is 1. The summed E-state index contributed by atoms with van der Waals surface area (Å²) in [6, 6.07) is 3.06. The maximum atomic E-state index is 11.2. The van der Waals surface area contributed by atoms with E-state index in [1.54, 1.807) is 6.07 Å². The fraction of sp³-hybridized carbons (Fsp3) is 0.143. The summed E-state index contributed by atoms with van der Waals surface area (Å²) >= 11 is 0. The molecule has 1 heterocycles. The van der Waals surface area contributed by atoms with Crippen molar-refractivity contribution in [2.24, 2.45) is 0 Å². The van der Waals surface area contributed by atoms with E-state index in [9.17, 15) is 9.36 Å². The van der Waals surface area contributed by atoms with Gasteiger partial charge >= 0.3 is 7.60 Å². The van der Waals surface area contributed by atoms with E-state index >= 15 is 0 Å². The first kappa shape index (κ1) is 19.1. The van der Waals surface area contributed by atoms with Crippen LogP contribution in [0.3, 0.4) is 0 Å². The van der Waals surface area contributed by atoms with E-state index in [1.807, 2.05) is 0 Å². The van der Waals surface area contributed by atoms with Crippen molar-refractivity contribution in [2.45, 2.75) is 0 Å². The first-order chi connectivity index (χ1) is 6.49. The second-order valence-electron chi connectivity index (χ2n) is 2.57. The molecule has 9 heteroatoms. The molecule has 2 radical (unpaired) electrons. The largest absolute Gasteiger partial charge is 0.344 e. The number of amides is 1. The maximum absolute atomic E-state index is 11.2. The molecule has 1 aromatic heterocycles. The molecular formula is C7H9N2Na2O4P. The van der Waals surface area contributed by atoms with Crippen molar-refractivity contribution >= 4 is 72.6 Å². The Bertz CT molecular complexity index is 370. The smallest absolute Gasteiger partial charge is 0.340 e. The van der Waals surface area contributed by atoms with E-state index in [0.29, 0.717) is 0 Å². The van der Waals surface area contributed by atoms with Gasteiger partial charge < -0.3 is 15.1 Å². The summed E-state index contributed by atoms with van der Waals surface area (Å²) in [5, 5.41) is 2.10. The van der Waals surface area contributed by atoms with Crippen molar-refractivity contribution in [2.75, 3.05) is 6.29 Å². The van der Waals surface area contributed by atoms with Gasteiger partial charge in [0.15, 0.2) is 0 Å². The maximum Gasteiger partial charge on any atom is 0.344 e. The van der Waals surface area contributed by atoms with Gasteiger partial charge in [0, 0.05) is 71.5 Å². The Labute approximate surface area is 137 Å². The average Bonchev–Trinajstić information content (AvgIpc) is 2.14. The average molecular weight is 262 g/mol. The summed E-state index contributed by atoms with van der Waals surface area (Å²) in [7, 11) is -4.19. The van der Waals surface area contributed by atoms with E-state index in [0.717, 1.165) is 0 Å². The van der Waals surface area contributed by atoms with E-state index in [4.69, 9.17) is 9.79 Å². The van der Waals surface area contributed by atoms with Crippen LogP contribution in [0.2, 0.25) is 0 Å². The summed E-state index contributed by atoms with van der Waals surface area (Å²) in [6.07, 6.45) is 2.15. The molecule has 0 unspecified atom stereocenters. The van der Waals surface area contributed by atoms with Crippen LogP contribution in [0, 0.1) is 0 Å². The van der Waals surface area contributed by atoms with Gasteiger partial charge in [0.25, 0.3) is 5.91 Å². The van der Waals surface area contributed by atoms with E-state index < -0.39 is 19.8 Å². The third-order valence-corrected chi connectivity index (χ3v) is 1.94. The molecule has 0 spiro atoms. The van der Waals surface area contributed by atoms with E-state index in [-0.39, 0.29) is 64.7 Å². The van der Waals surface area contributed by atoms with Crippen molar-refractivity contribution in [1.29, 1.82) is 0 Å². The molecule has 0 aliphatic heterocycles. The molecule has 0 aliphatic rings. The molecular weight excluding hydrogens is 253 g/mol. The summed E-state index contributed by atoms with van der Waals surface area (Å²) in [5.41, 5.74) is 0.265. The fourth-order valence-corrected chi connectivity index (χ4v) is 1.12. The summed E-state index contributed by atoms with van der Waals surface area (Å²) in [6.45, 7) is 0. The van der Waals surface area contributed by atoms with Crippen LogP contribution in [0.1, 0.15) is 10.4 Å². The molecule has 0 fully saturated rings. The van der Waals surface area contributed by atoms with Gasteiger partial charge in [0.2, 0.25) is 0 Å². The molecule has 3 N–H and O–H groups in total. The Morgan fingerprint density at radius 2 is 2.06 bits per heavy atom. The van der Waals surface area contributed by atoms with Gasteiger partial charge in [0.1, 0.15) is 6.29 Å². The molecule has 1 rings (SSSR count). The Kier molecular flexibility index (Phi) is 10.5. The van der Waals surface area contributed by atoms with Crippen LogP contribution in [0.5, 0.6) is 0 Å². The first-order valence-electron chi connectivity index (χ1n) is 3.72. The summed E-state index contributed by atoms with van der Waals surface area (Å²) in [5.74, 6) is -0.554. The Morgan fingerprint density at radius 1 is 1.44 bits per heavy atom. The SMILES string of the molecule is O=C(NCP(=O)(O)O)c1cccnc1.[Na].[Na]. The number of rotatable bonds is 3. The molecule has 1 amide bonds. The van der Waals surface area contributed by atoms with E-state index in [1.165, 1.54) is 18.5 Å². The topological polar surface area (TPSA) is 99.5 Å². The minimum Gasteiger partial charge on any atom is -0.340 e. The number of carbonyl (C=O) groups excluding carboxylic acids is 1.